The van der Waals surface area contributed by atoms with Gasteiger partial charge in [0.25, 0.3) is 0 Å². The molecule has 312 valence electrons. The lowest BCUT2D eigenvalue weighted by Gasteiger charge is -2.34. The average molecular weight is 914 g/mol. The van der Waals surface area contributed by atoms with Crippen LogP contribution in [-0.2, 0) is 0 Å². The van der Waals surface area contributed by atoms with Crippen LogP contribution in [0, 0.1) is 0 Å². The number of ether oxygens (including phenoxy) is 4. The molecule has 5 aromatic rings. The number of halogens is 1. The Morgan fingerprint density at radius 1 is 0.750 bits per heavy atom. The minimum Gasteiger partial charge on any atom is -0.454 e. The van der Waals surface area contributed by atoms with Gasteiger partial charge in [-0.1, -0.05) is 27.3 Å². The quantitative estimate of drug-likeness (QED) is 0.0658. The second kappa shape index (κ2) is 20.1. The van der Waals surface area contributed by atoms with Crippen molar-refractivity contribution in [3.63, 3.8) is 0 Å². The number of carbonyl (C=O) groups excluding carboxylic acids is 2. The van der Waals surface area contributed by atoms with Crippen molar-refractivity contribution in [1.29, 1.82) is 0 Å². The highest BCUT2D eigenvalue weighted by molar-refractivity contribution is 9.09. The number of hydrogen-bond acceptors (Lipinski definition) is 16. The fourth-order valence-electron chi connectivity index (χ4n) is 6.66. The van der Waals surface area contributed by atoms with E-state index in [0.717, 1.165) is 63.7 Å². The Balaban J connectivity index is 0.000000156. The van der Waals surface area contributed by atoms with Gasteiger partial charge in [-0.2, -0.15) is 4.99 Å². The number of alkyl halides is 1. The number of nitrogens with two attached hydrogens (primary N) is 1. The first kappa shape index (κ1) is 42.6. The summed E-state index contributed by atoms with van der Waals surface area (Å²) >= 11 is 8.92. The zero-order valence-corrected chi connectivity index (χ0v) is 36.5. The van der Waals surface area contributed by atoms with E-state index in [1.165, 1.54) is 22.7 Å². The monoisotopic (exact) mass is 912 g/mol. The molecule has 60 heavy (non-hydrogen) atoms. The summed E-state index contributed by atoms with van der Waals surface area (Å²) in [6.45, 7) is 9.02. The summed E-state index contributed by atoms with van der Waals surface area (Å²) in [4.78, 5) is 42.3. The summed E-state index contributed by atoms with van der Waals surface area (Å²) in [6, 6.07) is 26.7. The highest BCUT2D eigenvalue weighted by atomic mass is 79.9. The molecule has 4 aliphatic heterocycles. The smallest absolute Gasteiger partial charge is 0.231 e. The van der Waals surface area contributed by atoms with E-state index in [0.29, 0.717) is 49.5 Å². The second-order valence-electron chi connectivity index (χ2n) is 14.2. The van der Waals surface area contributed by atoms with Gasteiger partial charge in [-0.15, -0.1) is 0 Å². The molecule has 0 bridgehead atoms. The van der Waals surface area contributed by atoms with Crippen molar-refractivity contribution < 1.29 is 28.5 Å². The normalized spacial score (nSPS) is 15.5. The summed E-state index contributed by atoms with van der Waals surface area (Å²) in [6.07, 6.45) is 0. The van der Waals surface area contributed by atoms with E-state index in [-0.39, 0.29) is 31.0 Å². The van der Waals surface area contributed by atoms with Crippen molar-refractivity contribution in [3.05, 3.63) is 101 Å². The molecular formula is C43H45BrN8O6S2. The number of aromatic nitrogens is 1. The van der Waals surface area contributed by atoms with Crippen LogP contribution in [0.25, 0.3) is 0 Å². The van der Waals surface area contributed by atoms with Gasteiger partial charge in [-0.25, -0.2) is 4.98 Å². The van der Waals surface area contributed by atoms with Crippen molar-refractivity contribution in [3.8, 4) is 23.0 Å². The fourth-order valence-corrected chi connectivity index (χ4v) is 7.96. The minimum absolute atomic E-state index is 0.0401. The highest BCUT2D eigenvalue weighted by Gasteiger charge is 2.22. The third-order valence-electron chi connectivity index (χ3n) is 10.2. The number of likely N-dealkylation sites (N-methyl/N-ethyl adjacent to an activating group) is 2. The van der Waals surface area contributed by atoms with Crippen LogP contribution in [0.1, 0.15) is 25.6 Å². The van der Waals surface area contributed by atoms with Crippen LogP contribution in [0.3, 0.4) is 0 Å². The third kappa shape index (κ3) is 10.8. The van der Waals surface area contributed by atoms with Gasteiger partial charge in [0.2, 0.25) is 19.4 Å². The van der Waals surface area contributed by atoms with Crippen LogP contribution in [0.4, 0.5) is 33.7 Å². The van der Waals surface area contributed by atoms with Gasteiger partial charge in [0.05, 0.1) is 16.2 Å². The Morgan fingerprint density at radius 3 is 1.78 bits per heavy atom. The minimum atomic E-state index is -0.188. The molecular weight excluding hydrogens is 869 g/mol. The first-order valence-corrected chi connectivity index (χ1v) is 21.6. The van der Waals surface area contributed by atoms with E-state index in [1.807, 2.05) is 24.3 Å². The zero-order valence-electron chi connectivity index (χ0n) is 33.3. The molecule has 2 saturated heterocycles. The number of anilines is 5. The lowest BCUT2D eigenvalue weighted by molar-refractivity contribution is 0.102. The van der Waals surface area contributed by atoms with E-state index < -0.39 is 0 Å². The molecule has 4 aliphatic rings. The standard InChI is InChI=1S/C22H23N5O3S.C12H15N3S.C9H7BrO3/c1-26-8-10-27(11-9-26)16-5-3-15(4-6-16)24-22-25-21(23)20(31-22)19(28)14-2-7-17-18(12-14)30-13-29-17;1-14-6-8-15(9-7-14)12-4-2-11(3-5-12)13-10-16;10-4-7(11)6-1-2-8-9(3-6)13-5-12-8/h2-7,12H,8-11,13,23H2,1H3,(H,24,25);2-5H,6-9H2,1H3;1-3H,4-5H2. The van der Waals surface area contributed by atoms with Crippen LogP contribution in [0.15, 0.2) is 89.9 Å². The Morgan fingerprint density at radius 2 is 1.25 bits per heavy atom. The van der Waals surface area contributed by atoms with Crippen molar-refractivity contribution in [2.75, 3.05) is 106 Å². The molecule has 3 N–H and O–H groups in total. The lowest BCUT2D eigenvalue weighted by Crippen LogP contribution is -2.44. The number of nitrogens with zero attached hydrogens (tertiary/aromatic N) is 6. The number of hydrogen-bond donors (Lipinski definition) is 2. The molecule has 2 fully saturated rings. The van der Waals surface area contributed by atoms with E-state index in [1.54, 1.807) is 36.4 Å². The van der Waals surface area contributed by atoms with Crippen LogP contribution in [0.5, 0.6) is 23.0 Å². The van der Waals surface area contributed by atoms with Gasteiger partial charge in [-0.05, 0) is 111 Å². The molecule has 0 unspecified atom stereocenters. The molecule has 1 aromatic heterocycles. The van der Waals surface area contributed by atoms with E-state index in [2.05, 4.69) is 107 Å². The number of ketones is 2. The molecule has 14 nitrogen and oxygen atoms in total. The first-order valence-electron chi connectivity index (χ1n) is 19.3. The number of fused-ring (bicyclic) bond motifs is 2. The number of isothiocyanates is 1. The van der Waals surface area contributed by atoms with Gasteiger partial charge in [0.15, 0.2) is 33.9 Å². The van der Waals surface area contributed by atoms with Crippen LogP contribution >= 0.6 is 39.5 Å². The largest absolute Gasteiger partial charge is 0.454 e. The molecule has 5 heterocycles. The van der Waals surface area contributed by atoms with E-state index in [9.17, 15) is 9.59 Å². The Kier molecular flexibility index (Phi) is 14.3. The van der Waals surface area contributed by atoms with Gasteiger partial charge >= 0.3 is 0 Å². The molecule has 17 heteroatoms. The molecule has 0 amide bonds. The number of nitrogens with one attached hydrogen (secondary N) is 1. The maximum Gasteiger partial charge on any atom is 0.231 e. The predicted molar refractivity (Wildman–Crippen MR) is 243 cm³/mol. The van der Waals surface area contributed by atoms with Gasteiger partial charge in [0.1, 0.15) is 10.7 Å². The number of piperazine rings is 2. The van der Waals surface area contributed by atoms with Gasteiger partial charge in [0, 0.05) is 80.5 Å². The highest BCUT2D eigenvalue weighted by Crippen LogP contribution is 2.36. The van der Waals surface area contributed by atoms with Crippen LogP contribution in [0.2, 0.25) is 0 Å². The van der Waals surface area contributed by atoms with Gasteiger partial charge < -0.3 is 49.6 Å². The second-order valence-corrected chi connectivity index (χ2v) is 16.0. The Hall–Kier alpha value is -5.55. The van der Waals surface area contributed by atoms with Crippen LogP contribution in [-0.4, -0.2) is 117 Å². The average Bonchev–Trinajstić information content (AvgIpc) is 4.04. The number of aliphatic imine (C=N–C) groups is 1. The summed E-state index contributed by atoms with van der Waals surface area (Å²) in [5.74, 6) is 2.61. The molecule has 4 aromatic carbocycles. The lowest BCUT2D eigenvalue weighted by atomic mass is 10.1. The summed E-state index contributed by atoms with van der Waals surface area (Å²) in [5, 5.41) is 6.53. The molecule has 0 spiro atoms. The Labute approximate surface area is 366 Å². The third-order valence-corrected chi connectivity index (χ3v) is 11.8. The first-order chi connectivity index (χ1) is 29.2. The van der Waals surface area contributed by atoms with Crippen molar-refractivity contribution in [2.24, 2.45) is 4.99 Å². The van der Waals surface area contributed by atoms with Crippen molar-refractivity contribution >= 4 is 89.9 Å². The van der Waals surface area contributed by atoms with Crippen molar-refractivity contribution in [1.82, 2.24) is 14.8 Å². The fraction of sp³-hybridized carbons (Fsp3) is 0.302. The Bertz CT molecular complexity index is 2330. The molecule has 0 saturated carbocycles. The number of thiocarbonyl (C=S) groups is 1. The summed E-state index contributed by atoms with van der Waals surface area (Å²) in [5.41, 5.74) is 11.4. The zero-order chi connectivity index (χ0) is 42.0. The number of thiazole rings is 1. The summed E-state index contributed by atoms with van der Waals surface area (Å²) < 4.78 is 20.9. The molecule has 0 aliphatic carbocycles. The molecule has 0 radical (unpaired) electrons. The SMILES string of the molecule is CN1CCN(c2ccc(N=C=S)cc2)CC1.CN1CCN(c2ccc(Nc3nc(N)c(C(=O)c4ccc5c(c4)OCO5)s3)cc2)CC1.O=C(CBr)c1ccc2c(c1)OCO2. The van der Waals surface area contributed by atoms with Crippen LogP contribution < -0.4 is 39.8 Å². The maximum atomic E-state index is 12.9. The van der Waals surface area contributed by atoms with E-state index in [4.69, 9.17) is 24.7 Å². The maximum absolute atomic E-state index is 12.9. The predicted octanol–water partition coefficient (Wildman–Crippen LogP) is 7.35. The number of benzene rings is 4. The number of rotatable bonds is 9. The number of nitrogen functional groups attached to an aromatic ring is 1. The van der Waals surface area contributed by atoms with Gasteiger partial charge in [-0.3, -0.25) is 9.59 Å². The van der Waals surface area contributed by atoms with Crippen molar-refractivity contribution in [2.45, 2.75) is 0 Å². The number of Topliss-reactive ketones (excluding diaryl/α,β-unsaturated/α-hetero) is 1. The molecule has 9 rings (SSSR count). The summed E-state index contributed by atoms with van der Waals surface area (Å²) in [7, 11) is 4.31. The number of carbonyl (C=O) groups is 2. The van der Waals surface area contributed by atoms with E-state index >= 15 is 0 Å². The topological polar surface area (TPSA) is 147 Å². The molecule has 0 atom stereocenters.